The van der Waals surface area contributed by atoms with E-state index in [9.17, 15) is 9.18 Å². The molecule has 2 rings (SSSR count). The minimum atomic E-state index is -0.382. The van der Waals surface area contributed by atoms with E-state index in [0.29, 0.717) is 0 Å². The Hall–Kier alpha value is -1.38. The first kappa shape index (κ1) is 12.1. The average molecular weight is 236 g/mol. The van der Waals surface area contributed by atoms with Crippen molar-refractivity contribution >= 4 is 5.78 Å². The quantitative estimate of drug-likeness (QED) is 0.787. The number of ether oxygens (including phenoxy) is 1. The van der Waals surface area contributed by atoms with Crippen LogP contribution in [0.5, 0.6) is 5.75 Å². The topological polar surface area (TPSA) is 26.3 Å². The summed E-state index contributed by atoms with van der Waals surface area (Å²) < 4.78 is 18.3. The van der Waals surface area contributed by atoms with E-state index >= 15 is 0 Å². The van der Waals surface area contributed by atoms with Crippen LogP contribution >= 0.6 is 0 Å². The molecular weight excluding hydrogens is 219 g/mol. The number of rotatable bonds is 2. The van der Waals surface area contributed by atoms with Crippen LogP contribution in [-0.2, 0) is 4.79 Å². The van der Waals surface area contributed by atoms with Crippen molar-refractivity contribution in [2.24, 2.45) is 5.92 Å². The first-order chi connectivity index (χ1) is 8.13. The molecule has 92 valence electrons. The van der Waals surface area contributed by atoms with Crippen LogP contribution in [0.1, 0.15) is 37.7 Å². The molecule has 0 saturated heterocycles. The van der Waals surface area contributed by atoms with Crippen molar-refractivity contribution in [1.29, 1.82) is 0 Å². The van der Waals surface area contributed by atoms with Crippen molar-refractivity contribution in [3.63, 3.8) is 0 Å². The van der Waals surface area contributed by atoms with Gasteiger partial charge in [0.05, 0.1) is 7.11 Å². The maximum atomic E-state index is 13.3. The van der Waals surface area contributed by atoms with Gasteiger partial charge in [0.1, 0.15) is 5.78 Å². The summed E-state index contributed by atoms with van der Waals surface area (Å²) in [6.45, 7) is 1.97. The number of hydrogen-bond acceptors (Lipinski definition) is 2. The summed E-state index contributed by atoms with van der Waals surface area (Å²) in [5.41, 5.74) is 0.875. The first-order valence-electron chi connectivity index (χ1n) is 6.00. The summed E-state index contributed by atoms with van der Waals surface area (Å²) in [4.78, 5) is 12.1. The van der Waals surface area contributed by atoms with E-state index < -0.39 is 0 Å². The second-order valence-electron chi connectivity index (χ2n) is 4.68. The lowest BCUT2D eigenvalue weighted by Gasteiger charge is -2.25. The van der Waals surface area contributed by atoms with Crippen LogP contribution < -0.4 is 4.74 Å². The molecule has 2 nitrogen and oxygen atoms in total. The van der Waals surface area contributed by atoms with Crippen LogP contribution in [0.4, 0.5) is 4.39 Å². The van der Waals surface area contributed by atoms with Crippen molar-refractivity contribution in [2.75, 3.05) is 7.11 Å². The smallest absolute Gasteiger partial charge is 0.165 e. The molecule has 0 bridgehead atoms. The van der Waals surface area contributed by atoms with Crippen LogP contribution in [0, 0.1) is 11.7 Å². The molecule has 0 amide bonds. The van der Waals surface area contributed by atoms with Gasteiger partial charge in [-0.2, -0.15) is 0 Å². The molecule has 0 aliphatic heterocycles. The third kappa shape index (κ3) is 2.33. The second-order valence-corrected chi connectivity index (χ2v) is 4.68. The monoisotopic (exact) mass is 236 g/mol. The molecule has 1 aromatic carbocycles. The van der Waals surface area contributed by atoms with Crippen LogP contribution in [0.25, 0.3) is 0 Å². The molecule has 2 unspecified atom stereocenters. The maximum absolute atomic E-state index is 13.3. The summed E-state index contributed by atoms with van der Waals surface area (Å²) in [6.07, 6.45) is 2.88. The van der Waals surface area contributed by atoms with E-state index in [1.165, 1.54) is 13.2 Å². The SMILES string of the molecule is COc1cc(C2CCCC(C)C2=O)ccc1F. The Kier molecular flexibility index (Phi) is 3.46. The third-order valence-corrected chi connectivity index (χ3v) is 3.54. The number of benzene rings is 1. The molecule has 17 heavy (non-hydrogen) atoms. The van der Waals surface area contributed by atoms with Gasteiger partial charge in [-0.15, -0.1) is 0 Å². The molecule has 2 atom stereocenters. The number of carbonyl (C=O) groups is 1. The Labute approximate surface area is 101 Å². The molecule has 1 saturated carbocycles. The Balaban J connectivity index is 2.30. The number of Topliss-reactive ketones (excluding diaryl/α,β-unsaturated/α-hetero) is 1. The molecule has 0 aromatic heterocycles. The molecule has 1 fully saturated rings. The zero-order valence-electron chi connectivity index (χ0n) is 10.2. The van der Waals surface area contributed by atoms with Crippen molar-refractivity contribution in [3.8, 4) is 5.75 Å². The molecule has 1 aliphatic rings. The lowest BCUT2D eigenvalue weighted by atomic mass is 9.77. The van der Waals surface area contributed by atoms with Gasteiger partial charge in [-0.05, 0) is 30.5 Å². The highest BCUT2D eigenvalue weighted by molar-refractivity contribution is 5.88. The number of carbonyl (C=O) groups excluding carboxylic acids is 1. The highest BCUT2D eigenvalue weighted by Gasteiger charge is 2.29. The van der Waals surface area contributed by atoms with Gasteiger partial charge in [-0.1, -0.05) is 19.4 Å². The van der Waals surface area contributed by atoms with Crippen LogP contribution in [0.15, 0.2) is 18.2 Å². The van der Waals surface area contributed by atoms with Crippen LogP contribution in [-0.4, -0.2) is 12.9 Å². The van der Waals surface area contributed by atoms with Gasteiger partial charge in [0.15, 0.2) is 11.6 Å². The zero-order chi connectivity index (χ0) is 12.4. The Morgan fingerprint density at radius 1 is 1.35 bits per heavy atom. The fourth-order valence-electron chi connectivity index (χ4n) is 2.48. The molecule has 1 aliphatic carbocycles. The maximum Gasteiger partial charge on any atom is 0.165 e. The van der Waals surface area contributed by atoms with Crippen molar-refractivity contribution in [2.45, 2.75) is 32.1 Å². The van der Waals surface area contributed by atoms with Crippen LogP contribution in [0.3, 0.4) is 0 Å². The Bertz CT molecular complexity index is 428. The van der Waals surface area contributed by atoms with Crippen molar-refractivity contribution in [3.05, 3.63) is 29.6 Å². The number of ketones is 1. The summed E-state index contributed by atoms with van der Waals surface area (Å²) in [5, 5.41) is 0. The number of halogens is 1. The number of hydrogen-bond donors (Lipinski definition) is 0. The Morgan fingerprint density at radius 2 is 2.12 bits per heavy atom. The summed E-state index contributed by atoms with van der Waals surface area (Å²) in [5.74, 6) is 0.129. The average Bonchev–Trinajstić information content (AvgIpc) is 2.34. The molecule has 0 radical (unpaired) electrons. The first-order valence-corrected chi connectivity index (χ1v) is 6.00. The lowest BCUT2D eigenvalue weighted by molar-refractivity contribution is -0.125. The van der Waals surface area contributed by atoms with Crippen molar-refractivity contribution in [1.82, 2.24) is 0 Å². The normalized spacial score (nSPS) is 24.8. The largest absolute Gasteiger partial charge is 0.494 e. The van der Waals surface area contributed by atoms with Gasteiger partial charge >= 0.3 is 0 Å². The molecule has 1 aromatic rings. The molecule has 0 N–H and O–H groups in total. The predicted octanol–water partition coefficient (Wildman–Crippen LogP) is 3.31. The molecular formula is C14H17FO2. The summed E-state index contributed by atoms with van der Waals surface area (Å²) >= 11 is 0. The highest BCUT2D eigenvalue weighted by Crippen LogP contribution is 2.34. The number of methoxy groups -OCH3 is 1. The van der Waals surface area contributed by atoms with E-state index in [0.717, 1.165) is 24.8 Å². The summed E-state index contributed by atoms with van der Waals surface area (Å²) in [7, 11) is 1.44. The Morgan fingerprint density at radius 3 is 2.82 bits per heavy atom. The third-order valence-electron chi connectivity index (χ3n) is 3.54. The van der Waals surface area contributed by atoms with Gasteiger partial charge < -0.3 is 4.74 Å². The molecule has 3 heteroatoms. The van der Waals surface area contributed by atoms with Crippen molar-refractivity contribution < 1.29 is 13.9 Å². The van der Waals surface area contributed by atoms with Crippen LogP contribution in [0.2, 0.25) is 0 Å². The fraction of sp³-hybridized carbons (Fsp3) is 0.500. The van der Waals surface area contributed by atoms with Gasteiger partial charge in [0.2, 0.25) is 0 Å². The van der Waals surface area contributed by atoms with Gasteiger partial charge in [0, 0.05) is 11.8 Å². The minimum Gasteiger partial charge on any atom is -0.494 e. The molecule has 0 heterocycles. The summed E-state index contributed by atoms with van der Waals surface area (Å²) in [6, 6.07) is 4.72. The standard InChI is InChI=1S/C14H17FO2/c1-9-4-3-5-11(14(9)16)10-6-7-12(15)13(8-10)17-2/h6-9,11H,3-5H2,1-2H3. The van der Waals surface area contributed by atoms with E-state index in [4.69, 9.17) is 4.74 Å². The van der Waals surface area contributed by atoms with Gasteiger partial charge in [-0.3, -0.25) is 4.79 Å². The van der Waals surface area contributed by atoms with E-state index in [1.807, 2.05) is 6.92 Å². The van der Waals surface area contributed by atoms with E-state index in [2.05, 4.69) is 0 Å². The zero-order valence-corrected chi connectivity index (χ0v) is 10.2. The van der Waals surface area contributed by atoms with E-state index in [-0.39, 0.29) is 29.2 Å². The van der Waals surface area contributed by atoms with Gasteiger partial charge in [0.25, 0.3) is 0 Å². The molecule has 0 spiro atoms. The highest BCUT2D eigenvalue weighted by atomic mass is 19.1. The predicted molar refractivity (Wildman–Crippen MR) is 63.7 cm³/mol. The fourth-order valence-corrected chi connectivity index (χ4v) is 2.48. The van der Waals surface area contributed by atoms with E-state index in [1.54, 1.807) is 12.1 Å². The lowest BCUT2D eigenvalue weighted by Crippen LogP contribution is -2.24. The second kappa shape index (κ2) is 4.86. The van der Waals surface area contributed by atoms with Gasteiger partial charge in [-0.25, -0.2) is 4.39 Å². The minimum absolute atomic E-state index is 0.0896.